The smallest absolute Gasteiger partial charge is 0.241 e. The molecule has 114 valence electrons. The molecule has 0 saturated heterocycles. The number of nitrogens with two attached hydrogens (primary N) is 1. The van der Waals surface area contributed by atoms with Crippen LogP contribution in [0.4, 0.5) is 0 Å². The maximum Gasteiger partial charge on any atom is 0.241 e. The molecule has 0 aliphatic heterocycles. The number of rotatable bonds is 6. The third-order valence-corrected chi connectivity index (χ3v) is 3.44. The molecular formula is C15H21ClN4O. The highest BCUT2D eigenvalue weighted by molar-refractivity contribution is 6.30. The van der Waals surface area contributed by atoms with E-state index < -0.39 is 0 Å². The number of benzene rings is 1. The summed E-state index contributed by atoms with van der Waals surface area (Å²) in [7, 11) is 2.01. The summed E-state index contributed by atoms with van der Waals surface area (Å²) in [6, 6.07) is 7.40. The Morgan fingerprint density at radius 1 is 1.38 bits per heavy atom. The van der Waals surface area contributed by atoms with Crippen LogP contribution in [0, 0.1) is 5.41 Å². The molecule has 0 amide bonds. The number of aromatic nitrogens is 2. The second-order valence-corrected chi connectivity index (χ2v) is 6.50. The predicted octanol–water partition coefficient (Wildman–Crippen LogP) is 2.81. The summed E-state index contributed by atoms with van der Waals surface area (Å²) >= 11 is 5.97. The monoisotopic (exact) mass is 308 g/mol. The van der Waals surface area contributed by atoms with Gasteiger partial charge >= 0.3 is 0 Å². The fourth-order valence-electron chi connectivity index (χ4n) is 2.15. The standard InChI is InChI=1S/C15H21ClN4O/c1-15(2,9-17)10-20(3)8-13-18-14(19-21-13)11-5-4-6-12(16)7-11/h4-7H,8-10,17H2,1-3H3. The average molecular weight is 309 g/mol. The van der Waals surface area contributed by atoms with Gasteiger partial charge in [0.25, 0.3) is 0 Å². The summed E-state index contributed by atoms with van der Waals surface area (Å²) in [6.07, 6.45) is 0. The zero-order valence-electron chi connectivity index (χ0n) is 12.6. The zero-order valence-corrected chi connectivity index (χ0v) is 13.4. The first-order valence-corrected chi connectivity index (χ1v) is 7.24. The molecule has 0 radical (unpaired) electrons. The van der Waals surface area contributed by atoms with Gasteiger partial charge in [0.1, 0.15) is 0 Å². The largest absolute Gasteiger partial charge is 0.338 e. The van der Waals surface area contributed by atoms with Crippen molar-refractivity contribution in [3.8, 4) is 11.4 Å². The summed E-state index contributed by atoms with van der Waals surface area (Å²) in [5.41, 5.74) is 6.66. The molecule has 0 aliphatic carbocycles. The lowest BCUT2D eigenvalue weighted by Gasteiger charge is -2.27. The SMILES string of the molecule is CN(Cc1nc(-c2cccc(Cl)c2)no1)CC(C)(C)CN. The molecule has 1 aromatic heterocycles. The molecule has 0 saturated carbocycles. The molecular weight excluding hydrogens is 288 g/mol. The van der Waals surface area contributed by atoms with Crippen molar-refractivity contribution >= 4 is 11.6 Å². The molecule has 6 heteroatoms. The first-order valence-electron chi connectivity index (χ1n) is 6.87. The Morgan fingerprint density at radius 3 is 2.81 bits per heavy atom. The van der Waals surface area contributed by atoms with Crippen molar-refractivity contribution in [2.75, 3.05) is 20.1 Å². The van der Waals surface area contributed by atoms with Crippen molar-refractivity contribution in [2.24, 2.45) is 11.1 Å². The van der Waals surface area contributed by atoms with E-state index in [0.29, 0.717) is 29.8 Å². The Labute approximate surface area is 130 Å². The minimum Gasteiger partial charge on any atom is -0.338 e. The van der Waals surface area contributed by atoms with Crippen molar-refractivity contribution < 1.29 is 4.52 Å². The second kappa shape index (κ2) is 6.56. The minimum absolute atomic E-state index is 0.0601. The number of hydrogen-bond acceptors (Lipinski definition) is 5. The lowest BCUT2D eigenvalue weighted by atomic mass is 9.93. The molecule has 2 N–H and O–H groups in total. The number of hydrogen-bond donors (Lipinski definition) is 1. The van der Waals surface area contributed by atoms with Crippen molar-refractivity contribution in [1.29, 1.82) is 0 Å². The molecule has 0 fully saturated rings. The van der Waals surface area contributed by atoms with Crippen LogP contribution in [0.3, 0.4) is 0 Å². The van der Waals surface area contributed by atoms with E-state index in [1.807, 2.05) is 31.3 Å². The summed E-state index contributed by atoms with van der Waals surface area (Å²) in [5.74, 6) is 1.14. The minimum atomic E-state index is 0.0601. The van der Waals surface area contributed by atoms with Crippen LogP contribution in [-0.4, -0.2) is 35.2 Å². The molecule has 0 spiro atoms. The summed E-state index contributed by atoms with van der Waals surface area (Å²) in [4.78, 5) is 6.54. The summed E-state index contributed by atoms with van der Waals surface area (Å²) in [5, 5.41) is 4.65. The highest BCUT2D eigenvalue weighted by Gasteiger charge is 2.19. The lowest BCUT2D eigenvalue weighted by molar-refractivity contribution is 0.189. The van der Waals surface area contributed by atoms with Gasteiger partial charge in [0.05, 0.1) is 6.54 Å². The molecule has 0 atom stereocenters. The van der Waals surface area contributed by atoms with E-state index in [2.05, 4.69) is 28.9 Å². The zero-order chi connectivity index (χ0) is 15.5. The van der Waals surface area contributed by atoms with Crippen LogP contribution in [0.15, 0.2) is 28.8 Å². The molecule has 2 rings (SSSR count). The van der Waals surface area contributed by atoms with E-state index in [1.165, 1.54) is 0 Å². The fourth-order valence-corrected chi connectivity index (χ4v) is 2.34. The fraction of sp³-hybridized carbons (Fsp3) is 0.467. The van der Waals surface area contributed by atoms with Gasteiger partial charge < -0.3 is 10.3 Å². The predicted molar refractivity (Wildman–Crippen MR) is 83.9 cm³/mol. The Bertz CT molecular complexity index is 597. The van der Waals surface area contributed by atoms with E-state index in [9.17, 15) is 0 Å². The second-order valence-electron chi connectivity index (χ2n) is 6.06. The molecule has 5 nitrogen and oxygen atoms in total. The maximum absolute atomic E-state index is 5.97. The third kappa shape index (κ3) is 4.52. The van der Waals surface area contributed by atoms with Crippen molar-refractivity contribution in [3.63, 3.8) is 0 Å². The maximum atomic E-state index is 5.97. The van der Waals surface area contributed by atoms with Crippen molar-refractivity contribution in [1.82, 2.24) is 15.0 Å². The summed E-state index contributed by atoms with van der Waals surface area (Å²) in [6.45, 7) is 6.35. The highest BCUT2D eigenvalue weighted by atomic mass is 35.5. The van der Waals surface area contributed by atoms with E-state index in [0.717, 1.165) is 12.1 Å². The topological polar surface area (TPSA) is 68.2 Å². The van der Waals surface area contributed by atoms with Gasteiger partial charge in [0.15, 0.2) is 0 Å². The molecule has 2 aromatic rings. The van der Waals surface area contributed by atoms with Crippen LogP contribution in [0.1, 0.15) is 19.7 Å². The van der Waals surface area contributed by atoms with Crippen LogP contribution in [0.5, 0.6) is 0 Å². The molecule has 1 aromatic carbocycles. The van der Waals surface area contributed by atoms with Crippen LogP contribution >= 0.6 is 11.6 Å². The van der Waals surface area contributed by atoms with Gasteiger partial charge in [-0.25, -0.2) is 0 Å². The van der Waals surface area contributed by atoms with Gasteiger partial charge in [-0.15, -0.1) is 0 Å². The number of halogens is 1. The Morgan fingerprint density at radius 2 is 2.14 bits per heavy atom. The van der Waals surface area contributed by atoms with Gasteiger partial charge in [0.2, 0.25) is 11.7 Å². The summed E-state index contributed by atoms with van der Waals surface area (Å²) < 4.78 is 5.30. The molecule has 21 heavy (non-hydrogen) atoms. The van der Waals surface area contributed by atoms with E-state index in [-0.39, 0.29) is 5.41 Å². The Kier molecular flexibility index (Phi) is 4.98. The van der Waals surface area contributed by atoms with Crippen LogP contribution in [-0.2, 0) is 6.54 Å². The van der Waals surface area contributed by atoms with Crippen LogP contribution in [0.25, 0.3) is 11.4 Å². The molecule has 1 heterocycles. The van der Waals surface area contributed by atoms with E-state index in [4.69, 9.17) is 21.9 Å². The molecule has 0 bridgehead atoms. The van der Waals surface area contributed by atoms with Crippen LogP contribution < -0.4 is 5.73 Å². The quantitative estimate of drug-likeness (QED) is 0.888. The van der Waals surface area contributed by atoms with Gasteiger partial charge in [-0.2, -0.15) is 4.98 Å². The van der Waals surface area contributed by atoms with Crippen LogP contribution in [0.2, 0.25) is 5.02 Å². The van der Waals surface area contributed by atoms with Gasteiger partial charge in [0, 0.05) is 17.1 Å². The first kappa shape index (κ1) is 15.9. The molecule has 0 unspecified atom stereocenters. The van der Waals surface area contributed by atoms with E-state index in [1.54, 1.807) is 0 Å². The highest BCUT2D eigenvalue weighted by Crippen LogP contribution is 2.21. The molecule has 0 aliphatic rings. The van der Waals surface area contributed by atoms with Gasteiger partial charge in [-0.3, -0.25) is 4.90 Å². The average Bonchev–Trinajstić information content (AvgIpc) is 2.86. The van der Waals surface area contributed by atoms with Gasteiger partial charge in [-0.05, 0) is 31.1 Å². The van der Waals surface area contributed by atoms with E-state index >= 15 is 0 Å². The normalized spacial score (nSPS) is 12.1. The Hall–Kier alpha value is -1.43. The first-order chi connectivity index (χ1) is 9.89. The third-order valence-electron chi connectivity index (χ3n) is 3.21. The lowest BCUT2D eigenvalue weighted by Crippen LogP contribution is -2.36. The Balaban J connectivity index is 2.03. The van der Waals surface area contributed by atoms with Crippen molar-refractivity contribution in [3.05, 3.63) is 35.2 Å². The van der Waals surface area contributed by atoms with Crippen molar-refractivity contribution in [2.45, 2.75) is 20.4 Å². The number of nitrogens with zero attached hydrogens (tertiary/aromatic N) is 3. The van der Waals surface area contributed by atoms with Gasteiger partial charge in [-0.1, -0.05) is 42.7 Å².